The van der Waals surface area contributed by atoms with E-state index < -0.39 is 10.0 Å². The third-order valence-electron chi connectivity index (χ3n) is 5.09. The van der Waals surface area contributed by atoms with Crippen molar-refractivity contribution in [2.24, 2.45) is 0 Å². The number of sulfonamides is 1. The third kappa shape index (κ3) is 4.24. The first-order chi connectivity index (χ1) is 14.0. The van der Waals surface area contributed by atoms with Crippen LogP contribution in [0.4, 0.5) is 0 Å². The van der Waals surface area contributed by atoms with Crippen LogP contribution in [-0.4, -0.2) is 12.7 Å². The zero-order valence-electron chi connectivity index (χ0n) is 16.3. The molecule has 0 amide bonds. The molecule has 4 rings (SSSR count). The highest BCUT2D eigenvalue weighted by Crippen LogP contribution is 2.25. The molecule has 0 aliphatic rings. The molecule has 0 aromatic heterocycles. The van der Waals surface area contributed by atoms with E-state index in [1.54, 1.807) is 16.4 Å². The second-order valence-electron chi connectivity index (χ2n) is 7.21. The van der Waals surface area contributed by atoms with E-state index in [-0.39, 0.29) is 0 Å². The highest BCUT2D eigenvalue weighted by Gasteiger charge is 2.25. The van der Waals surface area contributed by atoms with E-state index in [0.29, 0.717) is 18.0 Å². The van der Waals surface area contributed by atoms with Gasteiger partial charge in [-0.2, -0.15) is 4.31 Å². The first-order valence-electron chi connectivity index (χ1n) is 9.61. The molecule has 0 saturated carbocycles. The van der Waals surface area contributed by atoms with Crippen LogP contribution < -0.4 is 0 Å². The van der Waals surface area contributed by atoms with Gasteiger partial charge in [0.2, 0.25) is 10.0 Å². The fraction of sp³-hybridized carbons (Fsp3) is 0.120. The number of hydrogen-bond acceptors (Lipinski definition) is 2. The van der Waals surface area contributed by atoms with Gasteiger partial charge >= 0.3 is 0 Å². The Kier molecular flexibility index (Phi) is 5.47. The number of aryl methyl sites for hydroxylation is 1. The van der Waals surface area contributed by atoms with E-state index >= 15 is 0 Å². The van der Waals surface area contributed by atoms with Crippen molar-refractivity contribution < 1.29 is 8.42 Å². The van der Waals surface area contributed by atoms with Crippen molar-refractivity contribution in [2.45, 2.75) is 24.9 Å². The molecule has 0 spiro atoms. The van der Waals surface area contributed by atoms with Gasteiger partial charge in [0.05, 0.1) is 4.90 Å². The fourth-order valence-electron chi connectivity index (χ4n) is 3.49. The smallest absolute Gasteiger partial charge is 0.207 e. The molecule has 4 aromatic rings. The number of rotatable bonds is 6. The Hall–Kier alpha value is -2.95. The van der Waals surface area contributed by atoms with Crippen molar-refractivity contribution in [3.05, 3.63) is 114 Å². The van der Waals surface area contributed by atoms with E-state index in [0.717, 1.165) is 27.5 Å². The summed E-state index contributed by atoms with van der Waals surface area (Å²) in [5.41, 5.74) is 2.99. The Bertz CT molecular complexity index is 1210. The topological polar surface area (TPSA) is 37.4 Å². The molecule has 0 saturated heterocycles. The number of benzene rings is 4. The molecule has 29 heavy (non-hydrogen) atoms. The summed E-state index contributed by atoms with van der Waals surface area (Å²) in [7, 11) is -3.65. The maximum absolute atomic E-state index is 13.5. The summed E-state index contributed by atoms with van der Waals surface area (Å²) >= 11 is 0. The molecule has 0 N–H and O–H groups in total. The van der Waals surface area contributed by atoms with Crippen molar-refractivity contribution in [2.75, 3.05) is 0 Å². The van der Waals surface area contributed by atoms with Crippen LogP contribution in [0.5, 0.6) is 0 Å². The van der Waals surface area contributed by atoms with Gasteiger partial charge in [0, 0.05) is 13.1 Å². The quantitative estimate of drug-likeness (QED) is 0.425. The predicted octanol–water partition coefficient (Wildman–Crippen LogP) is 5.54. The molecular weight excluding hydrogens is 378 g/mol. The summed E-state index contributed by atoms with van der Waals surface area (Å²) in [4.78, 5) is 0.319. The number of hydrogen-bond donors (Lipinski definition) is 0. The van der Waals surface area contributed by atoms with Crippen molar-refractivity contribution in [1.29, 1.82) is 0 Å². The van der Waals surface area contributed by atoms with Gasteiger partial charge in [-0.25, -0.2) is 8.42 Å². The van der Waals surface area contributed by atoms with E-state index in [1.165, 1.54) is 0 Å². The van der Waals surface area contributed by atoms with Crippen molar-refractivity contribution in [3.8, 4) is 0 Å². The Morgan fingerprint density at radius 3 is 2.10 bits per heavy atom. The van der Waals surface area contributed by atoms with Crippen LogP contribution in [0.25, 0.3) is 10.8 Å². The van der Waals surface area contributed by atoms with Gasteiger partial charge < -0.3 is 0 Å². The maximum Gasteiger partial charge on any atom is 0.243 e. The SMILES string of the molecule is Cc1ccc(S(=O)(=O)N(Cc2ccccc2)Cc2cccc3ccccc23)cc1. The van der Waals surface area contributed by atoms with Crippen LogP contribution in [-0.2, 0) is 23.1 Å². The zero-order chi connectivity index (χ0) is 20.3. The molecule has 0 unspecified atom stereocenters. The minimum absolute atomic E-state index is 0.312. The summed E-state index contributed by atoms with van der Waals surface area (Å²) in [5, 5.41) is 2.18. The van der Waals surface area contributed by atoms with Crippen LogP contribution in [0.3, 0.4) is 0 Å². The van der Waals surface area contributed by atoms with Gasteiger partial charge in [-0.1, -0.05) is 90.5 Å². The van der Waals surface area contributed by atoms with E-state index in [1.807, 2.05) is 79.7 Å². The van der Waals surface area contributed by atoms with Gasteiger partial charge in [-0.15, -0.1) is 0 Å². The molecule has 0 radical (unpaired) electrons. The van der Waals surface area contributed by atoms with E-state index in [9.17, 15) is 8.42 Å². The summed E-state index contributed by atoms with van der Waals surface area (Å²) in [6, 6.07) is 30.9. The summed E-state index contributed by atoms with van der Waals surface area (Å²) in [5.74, 6) is 0. The molecule has 4 aromatic carbocycles. The molecule has 0 bridgehead atoms. The second kappa shape index (κ2) is 8.19. The molecule has 3 nitrogen and oxygen atoms in total. The molecule has 0 aliphatic heterocycles. The predicted molar refractivity (Wildman–Crippen MR) is 118 cm³/mol. The summed E-state index contributed by atoms with van der Waals surface area (Å²) in [6.45, 7) is 2.58. The fourth-order valence-corrected chi connectivity index (χ4v) is 4.90. The Balaban J connectivity index is 1.76. The van der Waals surface area contributed by atoms with Crippen molar-refractivity contribution >= 4 is 20.8 Å². The molecule has 0 heterocycles. The average Bonchev–Trinajstić information content (AvgIpc) is 2.74. The maximum atomic E-state index is 13.5. The van der Waals surface area contributed by atoms with Crippen LogP contribution in [0.1, 0.15) is 16.7 Å². The van der Waals surface area contributed by atoms with Gasteiger partial charge in [0.1, 0.15) is 0 Å². The van der Waals surface area contributed by atoms with Crippen LogP contribution in [0.2, 0.25) is 0 Å². The van der Waals surface area contributed by atoms with Gasteiger partial charge in [0.25, 0.3) is 0 Å². The lowest BCUT2D eigenvalue weighted by molar-refractivity contribution is 0.402. The Morgan fingerprint density at radius 1 is 0.690 bits per heavy atom. The van der Waals surface area contributed by atoms with Gasteiger partial charge in [0.15, 0.2) is 0 Å². The van der Waals surface area contributed by atoms with E-state index in [4.69, 9.17) is 0 Å². The highest BCUT2D eigenvalue weighted by molar-refractivity contribution is 7.89. The van der Waals surface area contributed by atoms with E-state index in [2.05, 4.69) is 12.1 Å². The largest absolute Gasteiger partial charge is 0.243 e. The van der Waals surface area contributed by atoms with Crippen LogP contribution in [0, 0.1) is 6.92 Å². The van der Waals surface area contributed by atoms with Crippen LogP contribution in [0.15, 0.2) is 102 Å². The van der Waals surface area contributed by atoms with Gasteiger partial charge in [-0.05, 0) is 41.0 Å². The minimum Gasteiger partial charge on any atom is -0.207 e. The molecule has 0 fully saturated rings. The molecule has 146 valence electrons. The minimum atomic E-state index is -3.65. The second-order valence-corrected chi connectivity index (χ2v) is 9.15. The van der Waals surface area contributed by atoms with Crippen molar-refractivity contribution in [1.82, 2.24) is 4.31 Å². The Labute approximate surface area is 172 Å². The van der Waals surface area contributed by atoms with Gasteiger partial charge in [-0.3, -0.25) is 0 Å². The molecule has 0 aliphatic carbocycles. The zero-order valence-corrected chi connectivity index (χ0v) is 17.1. The Morgan fingerprint density at radius 2 is 1.34 bits per heavy atom. The number of fused-ring (bicyclic) bond motifs is 1. The molecular formula is C25H23NO2S. The lowest BCUT2D eigenvalue weighted by atomic mass is 10.0. The standard InChI is InChI=1S/C25H23NO2S/c1-20-14-16-24(17-15-20)29(27,28)26(18-21-8-3-2-4-9-21)19-23-12-7-11-22-10-5-6-13-25(22)23/h2-17H,18-19H2,1H3. The summed E-state index contributed by atoms with van der Waals surface area (Å²) < 4.78 is 28.6. The summed E-state index contributed by atoms with van der Waals surface area (Å²) in [6.07, 6.45) is 0. The molecule has 0 atom stereocenters. The van der Waals surface area contributed by atoms with Crippen molar-refractivity contribution in [3.63, 3.8) is 0 Å². The highest BCUT2D eigenvalue weighted by atomic mass is 32.2. The first kappa shape index (κ1) is 19.4. The lowest BCUT2D eigenvalue weighted by Gasteiger charge is -2.23. The van der Waals surface area contributed by atoms with Crippen LogP contribution >= 0.6 is 0 Å². The third-order valence-corrected chi connectivity index (χ3v) is 6.89. The number of nitrogens with zero attached hydrogens (tertiary/aromatic N) is 1. The molecule has 4 heteroatoms. The normalized spacial score (nSPS) is 11.8. The monoisotopic (exact) mass is 401 g/mol. The average molecular weight is 402 g/mol. The lowest BCUT2D eigenvalue weighted by Crippen LogP contribution is -2.30. The first-order valence-corrected chi connectivity index (χ1v) is 11.1.